The Labute approximate surface area is 120 Å². The van der Waals surface area contributed by atoms with Gasteiger partial charge in [0.1, 0.15) is 6.33 Å². The van der Waals surface area contributed by atoms with Crippen LogP contribution in [0, 0.1) is 5.41 Å². The molecule has 0 amide bonds. The number of aryl methyl sites for hydroxylation is 1. The summed E-state index contributed by atoms with van der Waals surface area (Å²) in [7, 11) is 1.98. The van der Waals surface area contributed by atoms with Crippen LogP contribution in [0.15, 0.2) is 30.6 Å². The standard InChI is InChI=1S/C16H22N4/c1-16(2)9-8-12(10-16)18-14-7-5-4-6-13(14)15-19-17-11-20(15)3/h4-7,11-12,18H,8-10H2,1-3H3. The van der Waals surface area contributed by atoms with Crippen LogP contribution in [0.4, 0.5) is 5.69 Å². The van der Waals surface area contributed by atoms with Gasteiger partial charge in [0.2, 0.25) is 0 Å². The molecule has 3 rings (SSSR count). The summed E-state index contributed by atoms with van der Waals surface area (Å²) in [5.41, 5.74) is 2.74. The van der Waals surface area contributed by atoms with Gasteiger partial charge in [0, 0.05) is 24.3 Å². The fourth-order valence-corrected chi connectivity index (χ4v) is 3.11. The van der Waals surface area contributed by atoms with E-state index < -0.39 is 0 Å². The first kappa shape index (κ1) is 13.2. The molecule has 4 nitrogen and oxygen atoms in total. The minimum atomic E-state index is 0.456. The van der Waals surface area contributed by atoms with Crippen LogP contribution in [-0.2, 0) is 7.05 Å². The second-order valence-corrected chi connectivity index (χ2v) is 6.56. The molecule has 0 saturated heterocycles. The average Bonchev–Trinajstić information content (AvgIpc) is 2.96. The van der Waals surface area contributed by atoms with Gasteiger partial charge in [-0.25, -0.2) is 0 Å². The number of para-hydroxylation sites is 1. The van der Waals surface area contributed by atoms with Crippen molar-refractivity contribution >= 4 is 5.69 Å². The molecule has 0 bridgehead atoms. The fourth-order valence-electron chi connectivity index (χ4n) is 3.11. The molecule has 1 atom stereocenters. The van der Waals surface area contributed by atoms with E-state index in [1.54, 1.807) is 6.33 Å². The van der Waals surface area contributed by atoms with Crippen molar-refractivity contribution in [2.24, 2.45) is 12.5 Å². The predicted octanol–water partition coefficient (Wildman–Crippen LogP) is 3.47. The smallest absolute Gasteiger partial charge is 0.165 e. The molecule has 1 saturated carbocycles. The van der Waals surface area contributed by atoms with Crippen molar-refractivity contribution in [2.75, 3.05) is 5.32 Å². The highest BCUT2D eigenvalue weighted by Gasteiger charge is 2.31. The lowest BCUT2D eigenvalue weighted by Gasteiger charge is -2.20. The van der Waals surface area contributed by atoms with Crippen LogP contribution < -0.4 is 5.32 Å². The number of hydrogen-bond acceptors (Lipinski definition) is 3. The molecule has 0 aliphatic heterocycles. The molecule has 1 unspecified atom stereocenters. The molecule has 1 aliphatic carbocycles. The van der Waals surface area contributed by atoms with Crippen LogP contribution >= 0.6 is 0 Å². The molecule has 106 valence electrons. The van der Waals surface area contributed by atoms with Crippen molar-refractivity contribution in [1.29, 1.82) is 0 Å². The van der Waals surface area contributed by atoms with Crippen molar-refractivity contribution in [3.05, 3.63) is 30.6 Å². The quantitative estimate of drug-likeness (QED) is 0.928. The van der Waals surface area contributed by atoms with Gasteiger partial charge >= 0.3 is 0 Å². The van der Waals surface area contributed by atoms with E-state index in [4.69, 9.17) is 0 Å². The zero-order chi connectivity index (χ0) is 14.2. The molecule has 4 heteroatoms. The summed E-state index contributed by atoms with van der Waals surface area (Å²) in [6.07, 6.45) is 5.49. The first-order chi connectivity index (χ1) is 9.55. The van der Waals surface area contributed by atoms with Gasteiger partial charge in [-0.2, -0.15) is 0 Å². The van der Waals surface area contributed by atoms with Crippen LogP contribution in [0.1, 0.15) is 33.1 Å². The van der Waals surface area contributed by atoms with Gasteiger partial charge in [0.25, 0.3) is 0 Å². The molecule has 1 aliphatic rings. The number of anilines is 1. The van der Waals surface area contributed by atoms with E-state index >= 15 is 0 Å². The number of nitrogens with one attached hydrogen (secondary N) is 1. The maximum Gasteiger partial charge on any atom is 0.165 e. The number of aromatic nitrogens is 3. The Hall–Kier alpha value is -1.84. The van der Waals surface area contributed by atoms with Crippen molar-refractivity contribution in [1.82, 2.24) is 14.8 Å². The molecule has 1 aromatic carbocycles. The third kappa shape index (κ3) is 2.55. The summed E-state index contributed by atoms with van der Waals surface area (Å²) in [6.45, 7) is 4.70. The molecule has 20 heavy (non-hydrogen) atoms. The highest BCUT2D eigenvalue weighted by Crippen LogP contribution is 2.39. The van der Waals surface area contributed by atoms with Gasteiger partial charge in [0.15, 0.2) is 5.82 Å². The van der Waals surface area contributed by atoms with E-state index in [1.165, 1.54) is 19.3 Å². The van der Waals surface area contributed by atoms with Gasteiger partial charge in [-0.3, -0.25) is 0 Å². The van der Waals surface area contributed by atoms with Crippen molar-refractivity contribution in [3.63, 3.8) is 0 Å². The lowest BCUT2D eigenvalue weighted by Crippen LogP contribution is -2.18. The van der Waals surface area contributed by atoms with E-state index in [2.05, 4.69) is 47.6 Å². The summed E-state index contributed by atoms with van der Waals surface area (Å²) < 4.78 is 1.96. The average molecular weight is 270 g/mol. The Morgan fingerprint density at radius 1 is 1.30 bits per heavy atom. The largest absolute Gasteiger partial charge is 0.382 e. The molecule has 1 aromatic heterocycles. The third-order valence-electron chi connectivity index (χ3n) is 4.21. The van der Waals surface area contributed by atoms with E-state index in [0.717, 1.165) is 17.1 Å². The van der Waals surface area contributed by atoms with Crippen LogP contribution in [0.25, 0.3) is 11.4 Å². The van der Waals surface area contributed by atoms with E-state index in [9.17, 15) is 0 Å². The number of nitrogens with zero attached hydrogens (tertiary/aromatic N) is 3. The Balaban J connectivity index is 1.86. The van der Waals surface area contributed by atoms with Gasteiger partial charge in [-0.15, -0.1) is 10.2 Å². The SMILES string of the molecule is Cn1cnnc1-c1ccccc1NC1CCC(C)(C)C1. The number of hydrogen-bond donors (Lipinski definition) is 1. The topological polar surface area (TPSA) is 42.7 Å². The van der Waals surface area contributed by atoms with Crippen molar-refractivity contribution in [2.45, 2.75) is 39.2 Å². The summed E-state index contributed by atoms with van der Waals surface area (Å²) in [5.74, 6) is 0.908. The first-order valence-electron chi connectivity index (χ1n) is 7.25. The summed E-state index contributed by atoms with van der Waals surface area (Å²) >= 11 is 0. The Morgan fingerprint density at radius 2 is 2.10 bits per heavy atom. The second-order valence-electron chi connectivity index (χ2n) is 6.56. The fraction of sp³-hybridized carbons (Fsp3) is 0.500. The van der Waals surface area contributed by atoms with Gasteiger partial charge in [-0.1, -0.05) is 26.0 Å². The van der Waals surface area contributed by atoms with Crippen molar-refractivity contribution < 1.29 is 0 Å². The number of benzene rings is 1. The lowest BCUT2D eigenvalue weighted by molar-refractivity contribution is 0.378. The number of rotatable bonds is 3. The molecular weight excluding hydrogens is 248 g/mol. The highest BCUT2D eigenvalue weighted by molar-refractivity contribution is 5.73. The third-order valence-corrected chi connectivity index (χ3v) is 4.21. The Kier molecular flexibility index (Phi) is 3.24. The minimum Gasteiger partial charge on any atom is -0.382 e. The predicted molar refractivity (Wildman–Crippen MR) is 81.5 cm³/mol. The van der Waals surface area contributed by atoms with E-state index in [-0.39, 0.29) is 0 Å². The normalized spacial score (nSPS) is 21.1. The van der Waals surface area contributed by atoms with Crippen molar-refractivity contribution in [3.8, 4) is 11.4 Å². The summed E-state index contributed by atoms with van der Waals surface area (Å²) in [4.78, 5) is 0. The Morgan fingerprint density at radius 3 is 2.75 bits per heavy atom. The van der Waals surface area contributed by atoms with Gasteiger partial charge in [-0.05, 0) is 36.8 Å². The molecular formula is C16H22N4. The monoisotopic (exact) mass is 270 g/mol. The molecule has 0 radical (unpaired) electrons. The van der Waals surface area contributed by atoms with Crippen LogP contribution in [0.3, 0.4) is 0 Å². The second kappa shape index (κ2) is 4.93. The van der Waals surface area contributed by atoms with E-state index in [0.29, 0.717) is 11.5 Å². The summed E-state index contributed by atoms with van der Waals surface area (Å²) in [5, 5.41) is 11.9. The zero-order valence-corrected chi connectivity index (χ0v) is 12.4. The maximum atomic E-state index is 4.22. The minimum absolute atomic E-state index is 0.456. The van der Waals surface area contributed by atoms with E-state index in [1.807, 2.05) is 17.7 Å². The molecule has 1 fully saturated rings. The van der Waals surface area contributed by atoms with Gasteiger partial charge < -0.3 is 9.88 Å². The summed E-state index contributed by atoms with van der Waals surface area (Å²) in [6, 6.07) is 8.91. The highest BCUT2D eigenvalue weighted by atomic mass is 15.2. The lowest BCUT2D eigenvalue weighted by atomic mass is 9.92. The first-order valence-corrected chi connectivity index (χ1v) is 7.25. The van der Waals surface area contributed by atoms with Crippen LogP contribution in [0.2, 0.25) is 0 Å². The van der Waals surface area contributed by atoms with Crippen LogP contribution in [0.5, 0.6) is 0 Å². The molecule has 2 aromatic rings. The Bertz CT molecular complexity index is 600. The van der Waals surface area contributed by atoms with Gasteiger partial charge in [0.05, 0.1) is 0 Å². The molecule has 0 spiro atoms. The maximum absolute atomic E-state index is 4.22. The zero-order valence-electron chi connectivity index (χ0n) is 12.4. The molecule has 1 N–H and O–H groups in total. The molecule has 1 heterocycles. The van der Waals surface area contributed by atoms with Crippen LogP contribution in [-0.4, -0.2) is 20.8 Å².